The van der Waals surface area contributed by atoms with Crippen molar-refractivity contribution in [1.29, 1.82) is 0 Å². The van der Waals surface area contributed by atoms with Crippen LogP contribution in [0.3, 0.4) is 0 Å². The molecule has 0 spiro atoms. The number of nitrogens with zero attached hydrogens (tertiary/aromatic N) is 1. The van der Waals surface area contributed by atoms with Gasteiger partial charge in [0, 0.05) is 12.8 Å². The third-order valence-corrected chi connectivity index (χ3v) is 13.8. The van der Waals surface area contributed by atoms with E-state index < -0.39 is 26.5 Å². The van der Waals surface area contributed by atoms with Gasteiger partial charge in [0.25, 0.3) is 0 Å². The molecule has 0 heterocycles. The number of quaternary nitrogens is 1. The normalized spacial score (nSPS) is 13.7. The van der Waals surface area contributed by atoms with Gasteiger partial charge in [-0.1, -0.05) is 235 Å². The number of ether oxygens (including phenoxy) is 2. The van der Waals surface area contributed by atoms with Crippen molar-refractivity contribution in [2.75, 3.05) is 47.5 Å². The Balaban J connectivity index is 4.01. The van der Waals surface area contributed by atoms with Gasteiger partial charge in [-0.3, -0.25) is 18.6 Å². The summed E-state index contributed by atoms with van der Waals surface area (Å²) < 4.78 is 34.5. The number of phosphoric acid groups is 1. The number of esters is 2. The van der Waals surface area contributed by atoms with Gasteiger partial charge in [-0.25, -0.2) is 4.57 Å². The highest BCUT2D eigenvalue weighted by Gasteiger charge is 2.27. The summed E-state index contributed by atoms with van der Waals surface area (Å²) in [5, 5.41) is 0. The van der Waals surface area contributed by atoms with Crippen LogP contribution in [0.4, 0.5) is 0 Å². The van der Waals surface area contributed by atoms with Crippen LogP contribution in [0.1, 0.15) is 264 Å². The van der Waals surface area contributed by atoms with Gasteiger partial charge in [0.1, 0.15) is 19.8 Å². The molecule has 2 atom stereocenters. The summed E-state index contributed by atoms with van der Waals surface area (Å²) in [5.74, 6) is -0.799. The van der Waals surface area contributed by atoms with E-state index in [9.17, 15) is 19.0 Å². The van der Waals surface area contributed by atoms with Crippen molar-refractivity contribution in [1.82, 2.24) is 0 Å². The average molecular weight is 1020 g/mol. The Morgan fingerprint density at radius 1 is 0.451 bits per heavy atom. The molecule has 0 fully saturated rings. The first-order valence-corrected chi connectivity index (χ1v) is 31.0. The van der Waals surface area contributed by atoms with Gasteiger partial charge in [0.2, 0.25) is 0 Å². The van der Waals surface area contributed by atoms with Gasteiger partial charge < -0.3 is 18.9 Å². The molecule has 0 aliphatic heterocycles. The third kappa shape index (κ3) is 56.9. The molecule has 0 aromatic carbocycles. The van der Waals surface area contributed by atoms with Gasteiger partial charge >= 0.3 is 19.8 Å². The molecule has 0 saturated carbocycles. The molecule has 0 bridgehead atoms. The molecule has 71 heavy (non-hydrogen) atoms. The highest BCUT2D eigenvalue weighted by molar-refractivity contribution is 7.47. The second-order valence-electron chi connectivity index (χ2n) is 21.0. The van der Waals surface area contributed by atoms with E-state index >= 15 is 0 Å². The molecule has 0 radical (unpaired) electrons. The number of rotatable bonds is 54. The molecule has 0 aliphatic rings. The number of phosphoric ester groups is 1. The van der Waals surface area contributed by atoms with Crippen LogP contribution >= 0.6 is 7.82 Å². The fraction of sp³-hybridized carbons (Fsp3) is 0.803. The molecule has 0 saturated heterocycles. The molecule has 9 nitrogen and oxygen atoms in total. The minimum Gasteiger partial charge on any atom is -0.462 e. The molecule has 0 aromatic rings. The fourth-order valence-electron chi connectivity index (χ4n) is 8.24. The summed E-state index contributed by atoms with van der Waals surface area (Å²) in [5.41, 5.74) is 0. The topological polar surface area (TPSA) is 108 Å². The first-order valence-electron chi connectivity index (χ1n) is 29.5. The lowest BCUT2D eigenvalue weighted by Crippen LogP contribution is -2.37. The zero-order valence-electron chi connectivity index (χ0n) is 47.0. The van der Waals surface area contributed by atoms with E-state index in [4.69, 9.17) is 18.5 Å². The van der Waals surface area contributed by atoms with E-state index in [1.54, 1.807) is 0 Å². The number of allylic oxidation sites excluding steroid dienone is 10. The van der Waals surface area contributed by atoms with Crippen LogP contribution in [-0.2, 0) is 32.7 Å². The summed E-state index contributed by atoms with van der Waals surface area (Å²) in [4.78, 5) is 35.6. The molecule has 0 rings (SSSR count). The summed E-state index contributed by atoms with van der Waals surface area (Å²) in [6, 6.07) is 0. The van der Waals surface area contributed by atoms with Crippen molar-refractivity contribution >= 4 is 19.8 Å². The van der Waals surface area contributed by atoms with Crippen LogP contribution in [0.5, 0.6) is 0 Å². The summed E-state index contributed by atoms with van der Waals surface area (Å²) in [6.07, 6.45) is 67.3. The van der Waals surface area contributed by atoms with Gasteiger partial charge in [-0.05, 0) is 77.0 Å². The van der Waals surface area contributed by atoms with Crippen molar-refractivity contribution in [3.63, 3.8) is 0 Å². The van der Waals surface area contributed by atoms with Gasteiger partial charge in [-0.2, -0.15) is 0 Å². The van der Waals surface area contributed by atoms with E-state index in [0.29, 0.717) is 17.4 Å². The lowest BCUT2D eigenvalue weighted by atomic mass is 10.0. The van der Waals surface area contributed by atoms with Crippen LogP contribution in [0, 0.1) is 0 Å². The predicted molar refractivity (Wildman–Crippen MR) is 303 cm³/mol. The number of unbranched alkanes of at least 4 members (excludes halogenated alkanes) is 30. The van der Waals surface area contributed by atoms with Crippen LogP contribution in [0.25, 0.3) is 0 Å². The summed E-state index contributed by atoms with van der Waals surface area (Å²) in [7, 11) is 1.48. The monoisotopic (exact) mass is 1020 g/mol. The summed E-state index contributed by atoms with van der Waals surface area (Å²) in [6.45, 7) is 4.32. The first-order chi connectivity index (χ1) is 34.5. The Morgan fingerprint density at radius 2 is 0.803 bits per heavy atom. The molecule has 0 amide bonds. The number of hydrogen-bond acceptors (Lipinski definition) is 7. The SMILES string of the molecule is CC/C=C\C/C=C\C/C=C\C/C=C\CCCCCCCCCCCCCCCCCCCCCCC(=O)OC(COC(=O)CCCCCCC/C=C\CCCCCCC)COP(=O)(O)OCC[N+](C)(C)C. The van der Waals surface area contributed by atoms with E-state index in [-0.39, 0.29) is 32.0 Å². The largest absolute Gasteiger partial charge is 0.472 e. The van der Waals surface area contributed by atoms with Crippen LogP contribution in [0.15, 0.2) is 60.8 Å². The van der Waals surface area contributed by atoms with Crippen molar-refractivity contribution in [2.24, 2.45) is 0 Å². The molecule has 0 aliphatic carbocycles. The van der Waals surface area contributed by atoms with Gasteiger partial charge in [0.05, 0.1) is 27.7 Å². The van der Waals surface area contributed by atoms with Crippen molar-refractivity contribution in [2.45, 2.75) is 270 Å². The second kappa shape index (κ2) is 52.6. The average Bonchev–Trinajstić information content (AvgIpc) is 3.33. The number of carbonyl (C=O) groups is 2. The van der Waals surface area contributed by atoms with Crippen LogP contribution < -0.4 is 0 Å². The van der Waals surface area contributed by atoms with Crippen molar-refractivity contribution < 1.29 is 42.1 Å². The maximum absolute atomic E-state index is 12.8. The minimum atomic E-state index is -4.38. The molecule has 2 unspecified atom stereocenters. The molecule has 414 valence electrons. The van der Waals surface area contributed by atoms with Crippen molar-refractivity contribution in [3.05, 3.63) is 60.8 Å². The molecule has 10 heteroatoms. The second-order valence-corrected chi connectivity index (χ2v) is 22.5. The van der Waals surface area contributed by atoms with Crippen LogP contribution in [0.2, 0.25) is 0 Å². The molecular formula is C61H113NO8P+. The number of likely N-dealkylation sites (N-methyl/N-ethyl adjacent to an activating group) is 1. The van der Waals surface area contributed by atoms with E-state index in [1.165, 1.54) is 154 Å². The van der Waals surface area contributed by atoms with E-state index in [2.05, 4.69) is 74.6 Å². The first kappa shape index (κ1) is 68.7. The predicted octanol–water partition coefficient (Wildman–Crippen LogP) is 18.3. The van der Waals surface area contributed by atoms with E-state index in [1.807, 2.05) is 21.1 Å². The smallest absolute Gasteiger partial charge is 0.462 e. The Morgan fingerprint density at radius 3 is 1.21 bits per heavy atom. The molecule has 0 aromatic heterocycles. The zero-order chi connectivity index (χ0) is 52.0. The highest BCUT2D eigenvalue weighted by Crippen LogP contribution is 2.43. The fourth-order valence-corrected chi connectivity index (χ4v) is 8.98. The van der Waals surface area contributed by atoms with E-state index in [0.717, 1.165) is 77.0 Å². The molecular weight excluding hydrogens is 906 g/mol. The van der Waals surface area contributed by atoms with Crippen LogP contribution in [-0.4, -0.2) is 74.9 Å². The van der Waals surface area contributed by atoms with Gasteiger partial charge in [0.15, 0.2) is 6.10 Å². The van der Waals surface area contributed by atoms with Gasteiger partial charge in [-0.15, -0.1) is 0 Å². The zero-order valence-corrected chi connectivity index (χ0v) is 47.9. The maximum atomic E-state index is 12.8. The summed E-state index contributed by atoms with van der Waals surface area (Å²) >= 11 is 0. The maximum Gasteiger partial charge on any atom is 0.472 e. The standard InChI is InChI=1S/C61H112NO8P/c1-6-8-10-12-14-16-18-20-22-23-24-25-26-27-28-29-30-31-32-33-34-35-36-37-38-39-40-42-44-46-48-50-52-54-61(64)70-59(58-69-71(65,66)68-56-55-62(3,4)5)57-67-60(63)53-51-49-47-45-43-41-21-19-17-15-13-11-9-7-2/h8,10,14,16,19-22,24-25,59H,6-7,9,11-13,15,17-18,23,26-58H2,1-5H3/p+1/b10-8-,16-14-,21-19-,22-20-,25-24-. The third-order valence-electron chi connectivity index (χ3n) is 12.8. The Labute approximate surface area is 438 Å². The quantitative estimate of drug-likeness (QED) is 0.0211. The highest BCUT2D eigenvalue weighted by atomic mass is 31.2. The number of carbonyl (C=O) groups excluding carboxylic acids is 2. The molecule has 1 N–H and O–H groups in total. The Bertz CT molecular complexity index is 1380. The number of hydrogen-bond donors (Lipinski definition) is 1. The lowest BCUT2D eigenvalue weighted by molar-refractivity contribution is -0.870. The lowest BCUT2D eigenvalue weighted by Gasteiger charge is -2.24. The minimum absolute atomic E-state index is 0.0309. The Hall–Kier alpha value is -2.29. The Kier molecular flexibility index (Phi) is 50.9. The van der Waals surface area contributed by atoms with Crippen molar-refractivity contribution in [3.8, 4) is 0 Å².